The molecule has 1 aromatic heterocycles. The maximum atomic E-state index is 12.7. The van der Waals surface area contributed by atoms with E-state index in [9.17, 15) is 9.59 Å². The Morgan fingerprint density at radius 2 is 2.09 bits per heavy atom. The van der Waals surface area contributed by atoms with Crippen LogP contribution < -0.4 is 0 Å². The second-order valence-corrected chi connectivity index (χ2v) is 7.17. The Morgan fingerprint density at radius 1 is 1.35 bits per heavy atom. The number of piperidine rings is 1. The summed E-state index contributed by atoms with van der Waals surface area (Å²) < 4.78 is 5.77. The monoisotopic (exact) mass is 332 g/mol. The predicted molar refractivity (Wildman–Crippen MR) is 89.6 cm³/mol. The maximum Gasteiger partial charge on any atom is 0.305 e. The van der Waals surface area contributed by atoms with Crippen molar-refractivity contribution in [1.29, 1.82) is 0 Å². The van der Waals surface area contributed by atoms with E-state index in [1.165, 1.54) is 7.11 Å². The van der Waals surface area contributed by atoms with Crippen molar-refractivity contribution >= 4 is 33.4 Å². The van der Waals surface area contributed by atoms with E-state index in [1.54, 1.807) is 11.3 Å². The molecule has 3 rings (SSSR count). The minimum absolute atomic E-state index is 0.0643. The standard InChI is InChI=1S/C17H20N2O3S/c1-11-18-14-4-3-13(10-15(14)23-11)17(21)19-7-5-12(6-8-19)9-16(20)22-2/h3-4,10,12H,5-9H2,1-2H3. The van der Waals surface area contributed by atoms with Gasteiger partial charge in [-0.05, 0) is 43.9 Å². The van der Waals surface area contributed by atoms with Crippen molar-refractivity contribution in [3.63, 3.8) is 0 Å². The van der Waals surface area contributed by atoms with Crippen molar-refractivity contribution in [2.45, 2.75) is 26.2 Å². The molecular weight excluding hydrogens is 312 g/mol. The lowest BCUT2D eigenvalue weighted by molar-refractivity contribution is -0.142. The van der Waals surface area contributed by atoms with Crippen LogP contribution in [-0.4, -0.2) is 42.0 Å². The molecule has 1 aliphatic heterocycles. The van der Waals surface area contributed by atoms with E-state index < -0.39 is 0 Å². The lowest BCUT2D eigenvalue weighted by atomic mass is 9.93. The molecule has 0 spiro atoms. The highest BCUT2D eigenvalue weighted by Crippen LogP contribution is 2.25. The Morgan fingerprint density at radius 3 is 2.78 bits per heavy atom. The van der Waals surface area contributed by atoms with E-state index in [-0.39, 0.29) is 11.9 Å². The number of likely N-dealkylation sites (tertiary alicyclic amines) is 1. The predicted octanol–water partition coefficient (Wildman–Crippen LogP) is 3.02. The Balaban J connectivity index is 1.65. The van der Waals surface area contributed by atoms with Crippen molar-refractivity contribution in [2.75, 3.05) is 20.2 Å². The van der Waals surface area contributed by atoms with Gasteiger partial charge in [0, 0.05) is 25.1 Å². The quantitative estimate of drug-likeness (QED) is 0.811. The van der Waals surface area contributed by atoms with Gasteiger partial charge in [-0.3, -0.25) is 9.59 Å². The molecule has 0 atom stereocenters. The summed E-state index contributed by atoms with van der Waals surface area (Å²) in [6, 6.07) is 5.70. The fraction of sp³-hybridized carbons (Fsp3) is 0.471. The van der Waals surface area contributed by atoms with Crippen LogP contribution in [0, 0.1) is 12.8 Å². The molecule has 122 valence electrons. The molecule has 2 aromatic rings. The number of hydrogen-bond acceptors (Lipinski definition) is 5. The summed E-state index contributed by atoms with van der Waals surface area (Å²) in [5, 5.41) is 1.01. The lowest BCUT2D eigenvalue weighted by Gasteiger charge is -2.31. The van der Waals surface area contributed by atoms with Crippen molar-refractivity contribution in [2.24, 2.45) is 5.92 Å². The molecule has 2 heterocycles. The number of carbonyl (C=O) groups excluding carboxylic acids is 2. The van der Waals surface area contributed by atoms with Gasteiger partial charge < -0.3 is 9.64 Å². The van der Waals surface area contributed by atoms with Crippen LogP contribution in [0.5, 0.6) is 0 Å². The Labute approximate surface area is 139 Å². The van der Waals surface area contributed by atoms with Crippen LogP contribution >= 0.6 is 11.3 Å². The largest absolute Gasteiger partial charge is 0.469 e. The third-order valence-electron chi connectivity index (χ3n) is 4.33. The number of amides is 1. The molecule has 1 fully saturated rings. The lowest BCUT2D eigenvalue weighted by Crippen LogP contribution is -2.38. The van der Waals surface area contributed by atoms with Gasteiger partial charge in [0.05, 0.1) is 22.3 Å². The second kappa shape index (κ2) is 6.66. The van der Waals surface area contributed by atoms with Crippen molar-refractivity contribution in [3.05, 3.63) is 28.8 Å². The number of rotatable bonds is 3. The number of aromatic nitrogens is 1. The van der Waals surface area contributed by atoms with Gasteiger partial charge >= 0.3 is 5.97 Å². The summed E-state index contributed by atoms with van der Waals surface area (Å²) in [5.74, 6) is 0.216. The zero-order chi connectivity index (χ0) is 16.4. The van der Waals surface area contributed by atoms with Gasteiger partial charge in [-0.1, -0.05) is 0 Å². The molecule has 23 heavy (non-hydrogen) atoms. The van der Waals surface area contributed by atoms with Gasteiger partial charge in [0.1, 0.15) is 0 Å². The van der Waals surface area contributed by atoms with Crippen molar-refractivity contribution < 1.29 is 14.3 Å². The highest BCUT2D eigenvalue weighted by molar-refractivity contribution is 7.18. The minimum atomic E-state index is -0.166. The highest BCUT2D eigenvalue weighted by Gasteiger charge is 2.25. The third kappa shape index (κ3) is 3.52. The molecule has 0 radical (unpaired) electrons. The number of esters is 1. The molecule has 0 aliphatic carbocycles. The number of fused-ring (bicyclic) bond motifs is 1. The van der Waals surface area contributed by atoms with E-state index in [0.717, 1.165) is 28.1 Å². The van der Waals surface area contributed by atoms with Gasteiger partial charge in [0.25, 0.3) is 5.91 Å². The van der Waals surface area contributed by atoms with E-state index >= 15 is 0 Å². The molecule has 1 saturated heterocycles. The van der Waals surface area contributed by atoms with Gasteiger partial charge in [-0.25, -0.2) is 4.98 Å². The van der Waals surface area contributed by atoms with E-state index in [1.807, 2.05) is 30.0 Å². The molecular formula is C17H20N2O3S. The maximum absolute atomic E-state index is 12.7. The van der Waals surface area contributed by atoms with Gasteiger partial charge in [0.15, 0.2) is 0 Å². The van der Waals surface area contributed by atoms with Gasteiger partial charge in [0.2, 0.25) is 0 Å². The summed E-state index contributed by atoms with van der Waals surface area (Å²) in [5.41, 5.74) is 1.66. The Kier molecular flexibility index (Phi) is 4.61. The summed E-state index contributed by atoms with van der Waals surface area (Å²) in [6.07, 6.45) is 2.15. The SMILES string of the molecule is COC(=O)CC1CCN(C(=O)c2ccc3nc(C)sc3c2)CC1. The van der Waals surface area contributed by atoms with Crippen LogP contribution in [0.4, 0.5) is 0 Å². The minimum Gasteiger partial charge on any atom is -0.469 e. The molecule has 1 amide bonds. The highest BCUT2D eigenvalue weighted by atomic mass is 32.1. The molecule has 1 aliphatic rings. The molecule has 0 bridgehead atoms. The van der Waals surface area contributed by atoms with Crippen LogP contribution in [-0.2, 0) is 9.53 Å². The first kappa shape index (κ1) is 15.9. The van der Waals surface area contributed by atoms with Crippen LogP contribution in [0.2, 0.25) is 0 Å². The van der Waals surface area contributed by atoms with E-state index in [0.29, 0.717) is 31.0 Å². The number of hydrogen-bond donors (Lipinski definition) is 0. The molecule has 0 saturated carbocycles. The summed E-state index contributed by atoms with van der Waals surface area (Å²) in [6.45, 7) is 3.36. The van der Waals surface area contributed by atoms with Crippen LogP contribution in [0.25, 0.3) is 10.2 Å². The number of aryl methyl sites for hydroxylation is 1. The number of ether oxygens (including phenoxy) is 1. The molecule has 6 heteroatoms. The molecule has 1 aromatic carbocycles. The number of thiazole rings is 1. The first-order chi connectivity index (χ1) is 11.1. The van der Waals surface area contributed by atoms with Crippen molar-refractivity contribution in [1.82, 2.24) is 9.88 Å². The number of methoxy groups -OCH3 is 1. The summed E-state index contributed by atoms with van der Waals surface area (Å²) in [4.78, 5) is 30.3. The first-order valence-corrected chi connectivity index (χ1v) is 8.61. The molecule has 0 N–H and O–H groups in total. The zero-order valence-corrected chi connectivity index (χ0v) is 14.2. The first-order valence-electron chi connectivity index (χ1n) is 7.80. The van der Waals surface area contributed by atoms with E-state index in [4.69, 9.17) is 4.74 Å². The van der Waals surface area contributed by atoms with E-state index in [2.05, 4.69) is 4.98 Å². The van der Waals surface area contributed by atoms with Crippen molar-refractivity contribution in [3.8, 4) is 0 Å². The topological polar surface area (TPSA) is 59.5 Å². The average molecular weight is 332 g/mol. The fourth-order valence-electron chi connectivity index (χ4n) is 3.01. The number of carbonyl (C=O) groups is 2. The smallest absolute Gasteiger partial charge is 0.305 e. The normalized spacial score (nSPS) is 15.8. The number of nitrogens with zero attached hydrogens (tertiary/aromatic N) is 2. The zero-order valence-electron chi connectivity index (χ0n) is 13.4. The van der Waals surface area contributed by atoms with Crippen LogP contribution in [0.1, 0.15) is 34.6 Å². The second-order valence-electron chi connectivity index (χ2n) is 5.93. The fourth-order valence-corrected chi connectivity index (χ4v) is 3.88. The number of benzene rings is 1. The third-order valence-corrected chi connectivity index (χ3v) is 5.26. The van der Waals surface area contributed by atoms with Gasteiger partial charge in [-0.15, -0.1) is 11.3 Å². The molecule has 5 nitrogen and oxygen atoms in total. The summed E-state index contributed by atoms with van der Waals surface area (Å²) in [7, 11) is 1.41. The average Bonchev–Trinajstić information content (AvgIpc) is 2.93. The van der Waals surface area contributed by atoms with Crippen LogP contribution in [0.3, 0.4) is 0 Å². The Bertz CT molecular complexity index is 733. The Hall–Kier alpha value is -1.95. The van der Waals surface area contributed by atoms with Crippen LogP contribution in [0.15, 0.2) is 18.2 Å². The molecule has 0 unspecified atom stereocenters. The summed E-state index contributed by atoms with van der Waals surface area (Å²) >= 11 is 1.61. The van der Waals surface area contributed by atoms with Gasteiger partial charge in [-0.2, -0.15) is 0 Å².